The van der Waals surface area contributed by atoms with E-state index in [4.69, 9.17) is 8.83 Å². The molecule has 1 aliphatic carbocycles. The van der Waals surface area contributed by atoms with Crippen molar-refractivity contribution in [2.75, 3.05) is 4.90 Å². The molecule has 0 saturated heterocycles. The Morgan fingerprint density at radius 3 is 1.80 bits per heavy atom. The Kier molecular flexibility index (Phi) is 7.31. The molecule has 260 valence electrons. The zero-order valence-corrected chi connectivity index (χ0v) is 30.1. The number of fused-ring (bicyclic) bond motifs is 8. The van der Waals surface area contributed by atoms with Gasteiger partial charge in [0.25, 0.3) is 0 Å². The zero-order valence-electron chi connectivity index (χ0n) is 30.1. The third-order valence-electron chi connectivity index (χ3n) is 11.2. The molecular weight excluding hydrogens is 671 g/mol. The van der Waals surface area contributed by atoms with Gasteiger partial charge in [-0.25, -0.2) is 0 Å². The second-order valence-electron chi connectivity index (χ2n) is 14.4. The lowest BCUT2D eigenvalue weighted by Gasteiger charge is -2.30. The van der Waals surface area contributed by atoms with Crippen molar-refractivity contribution >= 4 is 71.6 Å². The molecule has 0 bridgehead atoms. The van der Waals surface area contributed by atoms with Crippen molar-refractivity contribution < 1.29 is 8.83 Å². The summed E-state index contributed by atoms with van der Waals surface area (Å²) in [6.45, 7) is 0. The highest BCUT2D eigenvalue weighted by Crippen LogP contribution is 2.43. The predicted octanol–water partition coefficient (Wildman–Crippen LogP) is 14.9. The van der Waals surface area contributed by atoms with Crippen LogP contribution in [0.15, 0.2) is 203 Å². The second kappa shape index (κ2) is 12.8. The molecule has 0 radical (unpaired) electrons. The first kappa shape index (κ1) is 31.4. The van der Waals surface area contributed by atoms with Gasteiger partial charge in [0.2, 0.25) is 0 Å². The molecule has 55 heavy (non-hydrogen) atoms. The van der Waals surface area contributed by atoms with Crippen LogP contribution in [0, 0.1) is 0 Å². The van der Waals surface area contributed by atoms with Crippen LogP contribution >= 0.6 is 0 Å². The molecule has 2 aromatic heterocycles. The van der Waals surface area contributed by atoms with Crippen LogP contribution in [0.1, 0.15) is 18.4 Å². The second-order valence-corrected chi connectivity index (χ2v) is 14.4. The van der Waals surface area contributed by atoms with Gasteiger partial charge in [-0.1, -0.05) is 133 Å². The van der Waals surface area contributed by atoms with E-state index in [1.807, 2.05) is 12.1 Å². The number of furan rings is 2. The van der Waals surface area contributed by atoms with Gasteiger partial charge in [0.1, 0.15) is 22.3 Å². The van der Waals surface area contributed by atoms with E-state index in [0.29, 0.717) is 0 Å². The molecule has 8 aromatic carbocycles. The summed E-state index contributed by atoms with van der Waals surface area (Å²) in [6.07, 6.45) is 6.45. The Morgan fingerprint density at radius 1 is 0.364 bits per heavy atom. The van der Waals surface area contributed by atoms with Crippen molar-refractivity contribution in [2.24, 2.45) is 0 Å². The normalized spacial score (nSPS) is 13.2. The average molecular weight is 706 g/mol. The number of anilines is 2. The summed E-state index contributed by atoms with van der Waals surface area (Å²) in [6, 6.07) is 62.5. The quantitative estimate of drug-likeness (QED) is 0.172. The van der Waals surface area contributed by atoms with E-state index in [2.05, 4.69) is 181 Å². The fourth-order valence-corrected chi connectivity index (χ4v) is 8.53. The van der Waals surface area contributed by atoms with E-state index >= 15 is 0 Å². The van der Waals surface area contributed by atoms with Crippen LogP contribution in [0.4, 0.5) is 11.4 Å². The summed E-state index contributed by atoms with van der Waals surface area (Å²) in [5.74, 6) is 0. The lowest BCUT2D eigenvalue weighted by Crippen LogP contribution is -2.17. The van der Waals surface area contributed by atoms with Crippen LogP contribution in [0.25, 0.3) is 82.5 Å². The molecule has 3 nitrogen and oxygen atoms in total. The number of para-hydroxylation sites is 3. The van der Waals surface area contributed by atoms with Crippen LogP contribution in [0.3, 0.4) is 0 Å². The van der Waals surface area contributed by atoms with Crippen molar-refractivity contribution in [2.45, 2.75) is 12.8 Å². The van der Waals surface area contributed by atoms with Gasteiger partial charge in [-0.15, -0.1) is 0 Å². The molecule has 0 unspecified atom stereocenters. The summed E-state index contributed by atoms with van der Waals surface area (Å²) in [5, 5.41) is 6.91. The highest BCUT2D eigenvalue weighted by atomic mass is 16.3. The first-order valence-electron chi connectivity index (χ1n) is 19.0. The molecule has 0 atom stereocenters. The Morgan fingerprint density at radius 2 is 1.00 bits per heavy atom. The number of hydrogen-bond acceptors (Lipinski definition) is 3. The molecule has 1 aliphatic rings. The molecule has 0 saturated carbocycles. The van der Waals surface area contributed by atoms with Crippen molar-refractivity contribution in [1.82, 2.24) is 0 Å². The Bertz CT molecular complexity index is 3130. The van der Waals surface area contributed by atoms with E-state index in [-0.39, 0.29) is 0 Å². The third-order valence-corrected chi connectivity index (χ3v) is 11.2. The zero-order chi connectivity index (χ0) is 36.3. The lowest BCUT2D eigenvalue weighted by atomic mass is 9.93. The summed E-state index contributed by atoms with van der Waals surface area (Å²) in [7, 11) is 0. The minimum Gasteiger partial charge on any atom is -0.456 e. The largest absolute Gasteiger partial charge is 0.456 e. The highest BCUT2D eigenvalue weighted by molar-refractivity contribution is 6.20. The van der Waals surface area contributed by atoms with Gasteiger partial charge in [-0.3, -0.25) is 0 Å². The highest BCUT2D eigenvalue weighted by Gasteiger charge is 2.21. The Balaban J connectivity index is 0.972. The molecule has 11 rings (SSSR count). The van der Waals surface area contributed by atoms with Crippen LogP contribution in [0.2, 0.25) is 0 Å². The van der Waals surface area contributed by atoms with Crippen LogP contribution in [-0.4, -0.2) is 0 Å². The van der Waals surface area contributed by atoms with Gasteiger partial charge in [0.15, 0.2) is 0 Å². The fourth-order valence-electron chi connectivity index (χ4n) is 8.53. The molecule has 10 aromatic rings. The van der Waals surface area contributed by atoms with E-state index in [0.717, 1.165) is 79.2 Å². The predicted molar refractivity (Wildman–Crippen MR) is 230 cm³/mol. The molecule has 2 heterocycles. The van der Waals surface area contributed by atoms with Gasteiger partial charge in [-0.05, 0) is 101 Å². The molecule has 0 aliphatic heterocycles. The van der Waals surface area contributed by atoms with Gasteiger partial charge < -0.3 is 13.7 Å². The first-order valence-corrected chi connectivity index (χ1v) is 19.0. The molecule has 0 fully saturated rings. The summed E-state index contributed by atoms with van der Waals surface area (Å²) >= 11 is 0. The van der Waals surface area contributed by atoms with Gasteiger partial charge in [-0.2, -0.15) is 0 Å². The van der Waals surface area contributed by atoms with Gasteiger partial charge >= 0.3 is 0 Å². The van der Waals surface area contributed by atoms with Gasteiger partial charge in [0.05, 0.1) is 0 Å². The summed E-state index contributed by atoms with van der Waals surface area (Å²) < 4.78 is 12.9. The maximum atomic E-state index is 6.84. The smallest absolute Gasteiger partial charge is 0.143 e. The molecular formula is C52H35NO2. The molecule has 0 spiro atoms. The average Bonchev–Trinajstić information content (AvgIpc) is 3.83. The number of allylic oxidation sites excluding steroid dienone is 4. The minimum absolute atomic E-state index is 0.912. The summed E-state index contributed by atoms with van der Waals surface area (Å²) in [4.78, 5) is 2.39. The topological polar surface area (TPSA) is 29.5 Å². The Labute approximate surface area is 318 Å². The van der Waals surface area contributed by atoms with E-state index < -0.39 is 0 Å². The van der Waals surface area contributed by atoms with E-state index in [1.165, 1.54) is 38.7 Å². The summed E-state index contributed by atoms with van der Waals surface area (Å²) in [5.41, 5.74) is 14.4. The first-order chi connectivity index (χ1) is 27.3. The van der Waals surface area contributed by atoms with Crippen molar-refractivity contribution in [3.8, 4) is 22.3 Å². The SMILES string of the molecule is C1=C(c2ccc3oc4ccccc4c3c2)CCC(N(c2ccccc2)c2ccc(-c3cccc4c3oc3c5ccccc5c(-c5ccccc5)cc43)cc2)=C1. The molecule has 0 N–H and O–H groups in total. The standard InChI is InChI=1S/C52H35NO2/c1-3-12-35(13-4-1)46-33-48-45-20-11-19-41(51(45)55-52(48)44-18-8-7-16-42(44)46)36-24-29-40(30-25-36)53(38-14-5-2-6-15-38)39-27-22-34(23-28-39)37-26-31-50-47(32-37)43-17-9-10-21-49(43)54-50/h1-22,24-27,29-33H,23,28H2. The van der Waals surface area contributed by atoms with Crippen molar-refractivity contribution in [3.63, 3.8) is 0 Å². The number of rotatable bonds is 6. The van der Waals surface area contributed by atoms with Crippen molar-refractivity contribution in [3.05, 3.63) is 199 Å². The monoisotopic (exact) mass is 705 g/mol. The van der Waals surface area contributed by atoms with E-state index in [9.17, 15) is 0 Å². The number of nitrogens with zero attached hydrogens (tertiary/aromatic N) is 1. The number of hydrogen-bond donors (Lipinski definition) is 0. The molecule has 0 amide bonds. The lowest BCUT2D eigenvalue weighted by molar-refractivity contribution is 0.669. The number of benzene rings is 8. The Hall–Kier alpha value is -7.10. The fraction of sp³-hybridized carbons (Fsp3) is 0.0385. The molecule has 3 heteroatoms. The van der Waals surface area contributed by atoms with Gasteiger partial charge in [0, 0.05) is 49.6 Å². The third kappa shape index (κ3) is 5.27. The maximum absolute atomic E-state index is 6.84. The van der Waals surface area contributed by atoms with Crippen LogP contribution in [-0.2, 0) is 0 Å². The van der Waals surface area contributed by atoms with E-state index in [1.54, 1.807) is 0 Å². The minimum atomic E-state index is 0.912. The van der Waals surface area contributed by atoms with Crippen LogP contribution in [0.5, 0.6) is 0 Å². The van der Waals surface area contributed by atoms with Crippen LogP contribution < -0.4 is 4.90 Å². The van der Waals surface area contributed by atoms with Crippen molar-refractivity contribution in [1.29, 1.82) is 0 Å². The maximum Gasteiger partial charge on any atom is 0.143 e.